The van der Waals surface area contributed by atoms with Crippen LogP contribution in [0.4, 0.5) is 9.18 Å². The lowest BCUT2D eigenvalue weighted by molar-refractivity contribution is -0.120. The Morgan fingerprint density at radius 1 is 1.02 bits per heavy atom. The van der Waals surface area contributed by atoms with Crippen LogP contribution in [0.15, 0.2) is 60.4 Å². The highest BCUT2D eigenvalue weighted by Gasteiger charge is 2.27. The van der Waals surface area contributed by atoms with E-state index < -0.39 is 6.09 Å². The SMILES string of the molecule is COc1cc(C=C2C(C)=C(CC(=O)NCc3cccnc3)c3cc(F)ccc32)cc(OC)c1OC(=O)N1CCN(C)CC1. The van der Waals surface area contributed by atoms with Crippen LogP contribution in [0.5, 0.6) is 17.2 Å². The second-order valence-electron chi connectivity index (χ2n) is 10.6. The van der Waals surface area contributed by atoms with Gasteiger partial charge >= 0.3 is 6.09 Å². The van der Waals surface area contributed by atoms with Gasteiger partial charge in [0.05, 0.1) is 20.6 Å². The van der Waals surface area contributed by atoms with Crippen molar-refractivity contribution >= 4 is 29.2 Å². The first-order chi connectivity index (χ1) is 20.8. The number of fused-ring (bicyclic) bond motifs is 1. The molecule has 1 aromatic heterocycles. The van der Waals surface area contributed by atoms with Crippen molar-refractivity contribution in [3.05, 3.63) is 88.5 Å². The number of aromatic nitrogens is 1. The zero-order valence-electron chi connectivity index (χ0n) is 24.8. The Balaban J connectivity index is 1.43. The molecule has 0 spiro atoms. The van der Waals surface area contributed by atoms with Crippen molar-refractivity contribution in [3.63, 3.8) is 0 Å². The number of methoxy groups -OCH3 is 2. The second kappa shape index (κ2) is 13.1. The largest absolute Gasteiger partial charge is 0.493 e. The molecule has 0 bridgehead atoms. The van der Waals surface area contributed by atoms with Crippen molar-refractivity contribution in [2.24, 2.45) is 0 Å². The van der Waals surface area contributed by atoms with Gasteiger partial charge in [0, 0.05) is 45.1 Å². The van der Waals surface area contributed by atoms with E-state index in [2.05, 4.69) is 15.2 Å². The summed E-state index contributed by atoms with van der Waals surface area (Å²) < 4.78 is 31.4. The van der Waals surface area contributed by atoms with Gasteiger partial charge in [-0.2, -0.15) is 0 Å². The number of likely N-dealkylation sites (N-methyl/N-ethyl adjacent to an activating group) is 1. The maximum atomic E-state index is 14.4. The van der Waals surface area contributed by atoms with Crippen LogP contribution in [0.25, 0.3) is 17.2 Å². The molecule has 9 nitrogen and oxygen atoms in total. The van der Waals surface area contributed by atoms with Crippen molar-refractivity contribution in [3.8, 4) is 17.2 Å². The molecule has 1 aliphatic heterocycles. The fourth-order valence-electron chi connectivity index (χ4n) is 5.30. The molecule has 1 aliphatic carbocycles. The molecule has 2 heterocycles. The predicted octanol–water partition coefficient (Wildman–Crippen LogP) is 5.02. The van der Waals surface area contributed by atoms with Crippen LogP contribution in [0, 0.1) is 5.82 Å². The van der Waals surface area contributed by atoms with Gasteiger partial charge in [-0.3, -0.25) is 9.78 Å². The zero-order valence-corrected chi connectivity index (χ0v) is 24.8. The van der Waals surface area contributed by atoms with Gasteiger partial charge < -0.3 is 29.3 Å². The highest BCUT2D eigenvalue weighted by molar-refractivity contribution is 6.08. The third kappa shape index (κ3) is 6.70. The number of ether oxygens (including phenoxy) is 3. The smallest absolute Gasteiger partial charge is 0.415 e. The van der Waals surface area contributed by atoms with E-state index in [0.717, 1.165) is 46.5 Å². The molecule has 1 fully saturated rings. The second-order valence-corrected chi connectivity index (χ2v) is 10.6. The molecule has 5 rings (SSSR count). The predicted molar refractivity (Wildman–Crippen MR) is 162 cm³/mol. The number of hydrogen-bond acceptors (Lipinski definition) is 7. The molecule has 43 heavy (non-hydrogen) atoms. The van der Waals surface area contributed by atoms with Crippen molar-refractivity contribution in [1.29, 1.82) is 0 Å². The number of halogens is 1. The Bertz CT molecular complexity index is 1550. The number of hydrogen-bond donors (Lipinski definition) is 1. The number of carbonyl (C=O) groups excluding carboxylic acids is 2. The molecule has 0 radical (unpaired) electrons. The third-order valence-electron chi connectivity index (χ3n) is 7.75. The molecule has 0 saturated carbocycles. The number of pyridine rings is 1. The molecule has 10 heteroatoms. The number of nitrogens with one attached hydrogen (secondary N) is 1. The summed E-state index contributed by atoms with van der Waals surface area (Å²) in [5, 5.41) is 2.93. The minimum Gasteiger partial charge on any atom is -0.493 e. The van der Waals surface area contributed by atoms with Crippen LogP contribution < -0.4 is 19.5 Å². The summed E-state index contributed by atoms with van der Waals surface area (Å²) >= 11 is 0. The lowest BCUT2D eigenvalue weighted by Crippen LogP contribution is -2.48. The summed E-state index contributed by atoms with van der Waals surface area (Å²) in [5.74, 6) is 0.314. The van der Waals surface area contributed by atoms with E-state index in [1.807, 2.05) is 32.2 Å². The fourth-order valence-corrected chi connectivity index (χ4v) is 5.30. The maximum Gasteiger partial charge on any atom is 0.415 e. The molecule has 0 unspecified atom stereocenters. The molecule has 2 aliphatic rings. The van der Waals surface area contributed by atoms with E-state index in [9.17, 15) is 14.0 Å². The number of benzene rings is 2. The number of rotatable bonds is 8. The van der Waals surface area contributed by atoms with Crippen molar-refractivity contribution in [2.45, 2.75) is 19.9 Å². The Kier molecular flexibility index (Phi) is 9.06. The number of piperazine rings is 1. The fraction of sp³-hybridized carbons (Fsp3) is 0.303. The number of allylic oxidation sites excluding steroid dienone is 2. The lowest BCUT2D eigenvalue weighted by atomic mass is 10.00. The summed E-state index contributed by atoms with van der Waals surface area (Å²) in [6.07, 6.45) is 4.94. The molecule has 2 amide bonds. The molecule has 3 aromatic rings. The van der Waals surface area contributed by atoms with Crippen LogP contribution >= 0.6 is 0 Å². The molecule has 0 atom stereocenters. The van der Waals surface area contributed by atoms with E-state index in [1.54, 1.807) is 35.5 Å². The summed E-state index contributed by atoms with van der Waals surface area (Å²) in [6, 6.07) is 11.8. The van der Waals surface area contributed by atoms with Crippen molar-refractivity contribution in [2.75, 3.05) is 47.4 Å². The molecule has 224 valence electrons. The minimum atomic E-state index is -0.465. The Labute approximate surface area is 250 Å². The van der Waals surface area contributed by atoms with Crippen LogP contribution in [-0.4, -0.2) is 74.2 Å². The zero-order chi connectivity index (χ0) is 30.5. The average molecular weight is 587 g/mol. The minimum absolute atomic E-state index is 0.0910. The monoisotopic (exact) mass is 586 g/mol. The van der Waals surface area contributed by atoms with Crippen LogP contribution in [0.2, 0.25) is 0 Å². The standard InChI is InChI=1S/C33H35FN4O5/c1-21-26(25-8-7-24(34)17-28(25)27(21)18-31(39)36-20-22-6-5-9-35-19-22)14-23-15-29(41-3)32(30(16-23)42-4)43-33(40)38-12-10-37(2)11-13-38/h5-9,14-17,19H,10-13,18,20H2,1-4H3,(H,36,39). The van der Waals surface area contributed by atoms with E-state index in [4.69, 9.17) is 14.2 Å². The van der Waals surface area contributed by atoms with Gasteiger partial charge in [-0.25, -0.2) is 9.18 Å². The van der Waals surface area contributed by atoms with Crippen molar-refractivity contribution < 1.29 is 28.2 Å². The lowest BCUT2D eigenvalue weighted by Gasteiger charge is -2.31. The van der Waals surface area contributed by atoms with Crippen LogP contribution in [0.3, 0.4) is 0 Å². The van der Waals surface area contributed by atoms with E-state index in [-0.39, 0.29) is 23.9 Å². The van der Waals surface area contributed by atoms with Gasteiger partial charge in [0.2, 0.25) is 11.7 Å². The summed E-state index contributed by atoms with van der Waals surface area (Å²) in [6.45, 7) is 4.95. The van der Waals surface area contributed by atoms with Gasteiger partial charge in [0.15, 0.2) is 11.5 Å². The first kappa shape index (κ1) is 29.8. The van der Waals surface area contributed by atoms with Crippen LogP contribution in [0.1, 0.15) is 35.6 Å². The number of carbonyl (C=O) groups is 2. The average Bonchev–Trinajstić information content (AvgIpc) is 3.26. The number of amides is 2. The van der Waals surface area contributed by atoms with E-state index in [0.29, 0.717) is 36.7 Å². The Morgan fingerprint density at radius 2 is 1.74 bits per heavy atom. The van der Waals surface area contributed by atoms with Gasteiger partial charge in [-0.15, -0.1) is 0 Å². The van der Waals surface area contributed by atoms with Crippen molar-refractivity contribution in [1.82, 2.24) is 20.1 Å². The first-order valence-electron chi connectivity index (χ1n) is 14.1. The summed E-state index contributed by atoms with van der Waals surface area (Å²) in [4.78, 5) is 33.8. The maximum absolute atomic E-state index is 14.4. The Hall–Kier alpha value is -4.70. The normalized spacial score (nSPS) is 15.8. The Morgan fingerprint density at radius 3 is 2.40 bits per heavy atom. The topological polar surface area (TPSA) is 93.2 Å². The first-order valence-corrected chi connectivity index (χ1v) is 14.1. The van der Waals surface area contributed by atoms with E-state index in [1.165, 1.54) is 26.4 Å². The summed E-state index contributed by atoms with van der Waals surface area (Å²) in [5.41, 5.74) is 5.56. The molecule has 1 N–H and O–H groups in total. The summed E-state index contributed by atoms with van der Waals surface area (Å²) in [7, 11) is 5.01. The number of nitrogens with zero attached hydrogens (tertiary/aromatic N) is 3. The van der Waals surface area contributed by atoms with Gasteiger partial charge in [-0.05, 0) is 89.4 Å². The van der Waals surface area contributed by atoms with Crippen LogP contribution in [-0.2, 0) is 11.3 Å². The molecule has 2 aromatic carbocycles. The highest BCUT2D eigenvalue weighted by Crippen LogP contribution is 2.45. The highest BCUT2D eigenvalue weighted by atomic mass is 19.1. The van der Waals surface area contributed by atoms with Gasteiger partial charge in [0.25, 0.3) is 0 Å². The molecular formula is C33H35FN4O5. The third-order valence-corrected chi connectivity index (χ3v) is 7.75. The van der Waals surface area contributed by atoms with E-state index >= 15 is 0 Å². The van der Waals surface area contributed by atoms with Gasteiger partial charge in [0.1, 0.15) is 5.82 Å². The van der Waals surface area contributed by atoms with Gasteiger partial charge in [-0.1, -0.05) is 12.1 Å². The molecular weight excluding hydrogens is 551 g/mol. The quantitative estimate of drug-likeness (QED) is 0.396. The molecule has 1 saturated heterocycles.